The summed E-state index contributed by atoms with van der Waals surface area (Å²) < 4.78 is 3.60. The van der Waals surface area contributed by atoms with E-state index < -0.39 is 0 Å². The summed E-state index contributed by atoms with van der Waals surface area (Å²) in [5.74, 6) is 1.98. The molecule has 0 fully saturated rings. The summed E-state index contributed by atoms with van der Waals surface area (Å²) in [6.45, 7) is 0. The summed E-state index contributed by atoms with van der Waals surface area (Å²) in [6, 6.07) is 55.2. The Hall–Kier alpha value is -6.08. The predicted octanol–water partition coefficient (Wildman–Crippen LogP) is 12.3. The minimum absolute atomic E-state index is 0.659. The molecule has 0 aliphatic rings. The monoisotopic (exact) mass is 674 g/mol. The van der Waals surface area contributed by atoms with E-state index in [4.69, 9.17) is 19.9 Å². The number of fused-ring (bicyclic) bond motifs is 5. The Morgan fingerprint density at radius 3 is 1.64 bits per heavy atom. The van der Waals surface area contributed by atoms with Crippen molar-refractivity contribution < 1.29 is 0 Å². The van der Waals surface area contributed by atoms with Gasteiger partial charge in [0.25, 0.3) is 0 Å². The third-order valence-corrected chi connectivity index (χ3v) is 11.3. The molecule has 0 bridgehead atoms. The molecule has 0 radical (unpaired) electrons. The number of aromatic nitrogens is 4. The highest BCUT2D eigenvalue weighted by Gasteiger charge is 2.16. The maximum Gasteiger partial charge on any atom is 0.164 e. The van der Waals surface area contributed by atoms with Crippen LogP contribution in [0.2, 0.25) is 0 Å². The minimum Gasteiger partial charge on any atom is -0.236 e. The first-order valence-corrected chi connectivity index (χ1v) is 18.1. The average Bonchev–Trinajstić information content (AvgIpc) is 3.77. The van der Waals surface area contributed by atoms with Crippen molar-refractivity contribution in [2.45, 2.75) is 0 Å². The summed E-state index contributed by atoms with van der Waals surface area (Å²) in [5.41, 5.74) is 7.48. The number of rotatable bonds is 5. The molecular weight excluding hydrogens is 649 g/mol. The minimum atomic E-state index is 0.659. The molecule has 7 aromatic carbocycles. The van der Waals surface area contributed by atoms with Gasteiger partial charge in [-0.15, -0.1) is 22.7 Å². The van der Waals surface area contributed by atoms with Crippen LogP contribution in [-0.4, -0.2) is 19.9 Å². The van der Waals surface area contributed by atoms with E-state index >= 15 is 0 Å². The maximum atomic E-state index is 5.06. The van der Waals surface area contributed by atoms with Crippen LogP contribution < -0.4 is 0 Å². The first-order valence-electron chi connectivity index (χ1n) is 16.5. The Morgan fingerprint density at radius 2 is 0.880 bits per heavy atom. The van der Waals surface area contributed by atoms with Gasteiger partial charge in [-0.25, -0.2) is 19.9 Å². The fourth-order valence-corrected chi connectivity index (χ4v) is 8.73. The van der Waals surface area contributed by atoms with E-state index in [1.54, 1.807) is 22.7 Å². The summed E-state index contributed by atoms with van der Waals surface area (Å²) in [5, 5.41) is 5.85. The fraction of sp³-hybridized carbons (Fsp3) is 0. The van der Waals surface area contributed by atoms with Crippen molar-refractivity contribution in [3.05, 3.63) is 158 Å². The highest BCUT2D eigenvalue weighted by Crippen LogP contribution is 2.41. The molecule has 0 spiro atoms. The summed E-state index contributed by atoms with van der Waals surface area (Å²) in [7, 11) is 0. The molecule has 0 N–H and O–H groups in total. The lowest BCUT2D eigenvalue weighted by Gasteiger charge is -2.09. The van der Waals surface area contributed by atoms with Crippen LogP contribution in [0.4, 0.5) is 0 Å². The second-order valence-corrected chi connectivity index (χ2v) is 14.4. The van der Waals surface area contributed by atoms with Crippen molar-refractivity contribution in [3.8, 4) is 55.9 Å². The lowest BCUT2D eigenvalue weighted by molar-refractivity contribution is 1.08. The van der Waals surface area contributed by atoms with E-state index in [1.165, 1.54) is 41.4 Å². The first kappa shape index (κ1) is 28.9. The maximum absolute atomic E-state index is 5.06. The number of thiophene rings is 1. The molecule has 0 amide bonds. The van der Waals surface area contributed by atoms with Gasteiger partial charge in [-0.1, -0.05) is 133 Å². The molecule has 0 aliphatic heterocycles. The van der Waals surface area contributed by atoms with Gasteiger partial charge in [0, 0.05) is 42.4 Å². The zero-order chi connectivity index (χ0) is 33.0. The molecule has 0 atom stereocenters. The van der Waals surface area contributed by atoms with Gasteiger partial charge in [0.15, 0.2) is 17.5 Å². The number of hydrogen-bond acceptors (Lipinski definition) is 6. The normalized spacial score (nSPS) is 11.6. The lowest BCUT2D eigenvalue weighted by atomic mass is 10.0. The van der Waals surface area contributed by atoms with E-state index in [1.807, 2.05) is 36.4 Å². The Kier molecular flexibility index (Phi) is 6.82. The van der Waals surface area contributed by atoms with Crippen molar-refractivity contribution >= 4 is 63.8 Å². The van der Waals surface area contributed by atoms with Crippen molar-refractivity contribution in [3.63, 3.8) is 0 Å². The molecule has 234 valence electrons. The SMILES string of the molecule is c1ccc(-c2ccc(-c3nc4cc5sc6cc(-c7nc(-c8ccccc8)nc(-c8ccc9ccccc9c8)n7)ccc6c5cc4s3)cc2)cc1. The Bertz CT molecular complexity index is 2860. The summed E-state index contributed by atoms with van der Waals surface area (Å²) in [4.78, 5) is 20.0. The zero-order valence-corrected chi connectivity index (χ0v) is 28.2. The zero-order valence-electron chi connectivity index (χ0n) is 26.6. The van der Waals surface area contributed by atoms with Gasteiger partial charge in [0.2, 0.25) is 0 Å². The van der Waals surface area contributed by atoms with Crippen LogP contribution in [-0.2, 0) is 0 Å². The molecule has 50 heavy (non-hydrogen) atoms. The number of benzene rings is 7. The first-order chi connectivity index (χ1) is 24.7. The van der Waals surface area contributed by atoms with Crippen LogP contribution >= 0.6 is 22.7 Å². The van der Waals surface area contributed by atoms with Gasteiger partial charge < -0.3 is 0 Å². The molecule has 6 heteroatoms. The summed E-state index contributed by atoms with van der Waals surface area (Å²) >= 11 is 3.53. The molecular formula is C44H26N4S2. The van der Waals surface area contributed by atoms with Gasteiger partial charge in [-0.3, -0.25) is 0 Å². The highest BCUT2D eigenvalue weighted by molar-refractivity contribution is 7.26. The quantitative estimate of drug-likeness (QED) is 0.182. The van der Waals surface area contributed by atoms with E-state index in [9.17, 15) is 0 Å². The molecule has 10 aromatic rings. The Balaban J connectivity index is 1.04. The second kappa shape index (κ2) is 11.8. The number of hydrogen-bond donors (Lipinski definition) is 0. The third-order valence-electron chi connectivity index (χ3n) is 9.15. The van der Waals surface area contributed by atoms with E-state index in [-0.39, 0.29) is 0 Å². The number of nitrogens with zero attached hydrogens (tertiary/aromatic N) is 4. The fourth-order valence-electron chi connectivity index (χ4n) is 6.57. The van der Waals surface area contributed by atoms with Gasteiger partial charge >= 0.3 is 0 Å². The number of thiazole rings is 1. The van der Waals surface area contributed by atoms with Crippen LogP contribution in [0.1, 0.15) is 0 Å². The molecule has 0 unspecified atom stereocenters. The topological polar surface area (TPSA) is 51.6 Å². The molecule has 10 rings (SSSR count). The van der Waals surface area contributed by atoms with Gasteiger partial charge in [-0.05, 0) is 46.2 Å². The predicted molar refractivity (Wildman–Crippen MR) is 211 cm³/mol. The highest BCUT2D eigenvalue weighted by atomic mass is 32.1. The van der Waals surface area contributed by atoms with Crippen molar-refractivity contribution in [2.75, 3.05) is 0 Å². The van der Waals surface area contributed by atoms with Gasteiger partial charge in [-0.2, -0.15) is 0 Å². The van der Waals surface area contributed by atoms with E-state index in [0.29, 0.717) is 17.5 Å². The lowest BCUT2D eigenvalue weighted by Crippen LogP contribution is -2.00. The van der Waals surface area contributed by atoms with Crippen LogP contribution in [0.5, 0.6) is 0 Å². The molecule has 0 saturated carbocycles. The Labute approximate surface area is 296 Å². The van der Waals surface area contributed by atoms with Gasteiger partial charge in [0.05, 0.1) is 10.2 Å². The third kappa shape index (κ3) is 5.13. The van der Waals surface area contributed by atoms with Crippen LogP contribution in [0.15, 0.2) is 158 Å². The van der Waals surface area contributed by atoms with E-state index in [2.05, 4.69) is 121 Å². The summed E-state index contributed by atoms with van der Waals surface area (Å²) in [6.07, 6.45) is 0. The molecule has 0 saturated heterocycles. The smallest absolute Gasteiger partial charge is 0.164 e. The molecule has 0 aliphatic carbocycles. The molecule has 3 heterocycles. The van der Waals surface area contributed by atoms with Crippen LogP contribution in [0, 0.1) is 0 Å². The van der Waals surface area contributed by atoms with Crippen molar-refractivity contribution in [1.82, 2.24) is 19.9 Å². The average molecular weight is 675 g/mol. The van der Waals surface area contributed by atoms with E-state index in [0.717, 1.165) is 38.2 Å². The standard InChI is InChI=1S/C44H26N4S2/c1-3-9-27(10-4-1)29-15-18-31(19-16-29)44-45-37-26-39-36(25-40(37)50-44)35-22-21-34(24-38(35)49-39)43-47-41(30-12-5-2-6-13-30)46-42(48-43)33-20-17-28-11-7-8-14-32(28)23-33/h1-26H. The van der Waals surface area contributed by atoms with Crippen molar-refractivity contribution in [1.29, 1.82) is 0 Å². The van der Waals surface area contributed by atoms with Crippen LogP contribution in [0.3, 0.4) is 0 Å². The largest absolute Gasteiger partial charge is 0.236 e. The van der Waals surface area contributed by atoms with Gasteiger partial charge in [0.1, 0.15) is 5.01 Å². The molecule has 4 nitrogen and oxygen atoms in total. The molecule has 3 aromatic heterocycles. The Morgan fingerprint density at radius 1 is 0.320 bits per heavy atom. The van der Waals surface area contributed by atoms with Crippen LogP contribution in [0.25, 0.3) is 97.0 Å². The second-order valence-electron chi connectivity index (χ2n) is 12.3. The van der Waals surface area contributed by atoms with Crippen molar-refractivity contribution in [2.24, 2.45) is 0 Å².